The standard InChI is InChI=1S/C31H36N2O2/c1-35-28-16-10-13-25(23-28)31(34)33(26-14-6-3-7-15-26)27-19-21-32(22-20-27)30-18-9-8-17-29(30)24-11-4-2-5-12-24/h2-7,10-16,23,27,29-30H,8-9,17-22H2,1H3/t29-,30-/m1/s1. The van der Waals surface area contributed by atoms with Crippen LogP contribution in [-0.4, -0.2) is 43.1 Å². The number of likely N-dealkylation sites (tertiary alicyclic amines) is 1. The average Bonchev–Trinajstić information content (AvgIpc) is 2.94. The summed E-state index contributed by atoms with van der Waals surface area (Å²) in [5.41, 5.74) is 3.13. The van der Waals surface area contributed by atoms with Crippen molar-refractivity contribution in [3.63, 3.8) is 0 Å². The van der Waals surface area contributed by atoms with Gasteiger partial charge in [-0.05, 0) is 67.5 Å². The Kier molecular flexibility index (Phi) is 7.48. The van der Waals surface area contributed by atoms with Gasteiger partial charge in [-0.3, -0.25) is 9.69 Å². The molecule has 35 heavy (non-hydrogen) atoms. The molecule has 0 N–H and O–H groups in total. The molecule has 5 rings (SSSR count). The number of para-hydroxylation sites is 1. The van der Waals surface area contributed by atoms with E-state index < -0.39 is 0 Å². The normalized spacial score (nSPS) is 21.4. The molecule has 2 atom stereocenters. The SMILES string of the molecule is COc1cccc(C(=O)N(c2ccccc2)C2CCN([C@@H]3CCCC[C@@H]3c3ccccc3)CC2)c1. The summed E-state index contributed by atoms with van der Waals surface area (Å²) in [6.07, 6.45) is 7.17. The lowest BCUT2D eigenvalue weighted by Gasteiger charge is -2.45. The molecule has 1 amide bonds. The molecule has 0 aromatic heterocycles. The summed E-state index contributed by atoms with van der Waals surface area (Å²) in [6.45, 7) is 2.07. The van der Waals surface area contributed by atoms with Gasteiger partial charge in [0.1, 0.15) is 5.75 Å². The molecule has 3 aromatic carbocycles. The van der Waals surface area contributed by atoms with Gasteiger partial charge in [0.05, 0.1) is 7.11 Å². The van der Waals surface area contributed by atoms with E-state index in [1.165, 1.54) is 31.2 Å². The summed E-state index contributed by atoms with van der Waals surface area (Å²) >= 11 is 0. The third kappa shape index (κ3) is 5.28. The van der Waals surface area contributed by atoms with Gasteiger partial charge in [0.25, 0.3) is 5.91 Å². The topological polar surface area (TPSA) is 32.8 Å². The number of anilines is 1. The Bertz CT molecular complexity index is 1090. The number of rotatable bonds is 6. The zero-order valence-electron chi connectivity index (χ0n) is 20.7. The van der Waals surface area contributed by atoms with Crippen molar-refractivity contribution < 1.29 is 9.53 Å². The summed E-state index contributed by atoms with van der Waals surface area (Å²) in [5, 5.41) is 0. The Morgan fingerprint density at radius 2 is 1.51 bits per heavy atom. The molecule has 1 saturated heterocycles. The first kappa shape index (κ1) is 23.6. The minimum absolute atomic E-state index is 0.0494. The predicted octanol–water partition coefficient (Wildman–Crippen LogP) is 6.53. The van der Waals surface area contributed by atoms with Gasteiger partial charge in [0, 0.05) is 36.4 Å². The average molecular weight is 469 g/mol. The molecule has 2 aliphatic rings. The molecule has 0 spiro atoms. The van der Waals surface area contributed by atoms with Gasteiger partial charge in [-0.1, -0.05) is 67.4 Å². The fraction of sp³-hybridized carbons (Fsp3) is 0.387. The van der Waals surface area contributed by atoms with Gasteiger partial charge in [-0.15, -0.1) is 0 Å². The van der Waals surface area contributed by atoms with Crippen molar-refractivity contribution in [1.82, 2.24) is 4.90 Å². The number of hydrogen-bond donors (Lipinski definition) is 0. The minimum atomic E-state index is 0.0494. The predicted molar refractivity (Wildman–Crippen MR) is 142 cm³/mol. The van der Waals surface area contributed by atoms with E-state index in [0.717, 1.165) is 31.6 Å². The van der Waals surface area contributed by atoms with E-state index in [0.29, 0.717) is 23.3 Å². The number of ether oxygens (including phenoxy) is 1. The van der Waals surface area contributed by atoms with Crippen molar-refractivity contribution in [1.29, 1.82) is 0 Å². The molecule has 1 aliphatic heterocycles. The number of methoxy groups -OCH3 is 1. The van der Waals surface area contributed by atoms with Crippen molar-refractivity contribution in [3.05, 3.63) is 96.1 Å². The summed E-state index contributed by atoms with van der Waals surface area (Å²) in [5.74, 6) is 1.38. The third-order valence-corrected chi connectivity index (χ3v) is 7.86. The Hall–Kier alpha value is -3.11. The van der Waals surface area contributed by atoms with Crippen LogP contribution in [0, 0.1) is 0 Å². The Morgan fingerprint density at radius 1 is 0.829 bits per heavy atom. The number of carbonyl (C=O) groups excluding carboxylic acids is 1. The van der Waals surface area contributed by atoms with Crippen molar-refractivity contribution >= 4 is 11.6 Å². The van der Waals surface area contributed by atoms with Crippen LogP contribution in [0.4, 0.5) is 5.69 Å². The van der Waals surface area contributed by atoms with E-state index in [2.05, 4.69) is 47.4 Å². The molecule has 2 fully saturated rings. The van der Waals surface area contributed by atoms with E-state index in [1.54, 1.807) is 7.11 Å². The van der Waals surface area contributed by atoms with Crippen LogP contribution in [0.3, 0.4) is 0 Å². The molecule has 4 nitrogen and oxygen atoms in total. The van der Waals surface area contributed by atoms with E-state index in [-0.39, 0.29) is 11.9 Å². The highest BCUT2D eigenvalue weighted by molar-refractivity contribution is 6.06. The molecule has 0 bridgehead atoms. The van der Waals surface area contributed by atoms with Gasteiger partial charge in [0.2, 0.25) is 0 Å². The number of hydrogen-bond acceptors (Lipinski definition) is 3. The maximum absolute atomic E-state index is 13.8. The third-order valence-electron chi connectivity index (χ3n) is 7.86. The summed E-state index contributed by atoms with van der Waals surface area (Å²) in [6, 6.07) is 29.5. The molecule has 182 valence electrons. The van der Waals surface area contributed by atoms with Crippen LogP contribution in [0.25, 0.3) is 0 Å². The van der Waals surface area contributed by atoms with Crippen LogP contribution in [0.2, 0.25) is 0 Å². The molecular weight excluding hydrogens is 432 g/mol. The van der Waals surface area contributed by atoms with E-state index >= 15 is 0 Å². The van der Waals surface area contributed by atoms with Crippen LogP contribution in [0.1, 0.15) is 60.4 Å². The summed E-state index contributed by atoms with van der Waals surface area (Å²) in [4.78, 5) is 18.5. The van der Waals surface area contributed by atoms with Crippen molar-refractivity contribution in [2.75, 3.05) is 25.1 Å². The maximum Gasteiger partial charge on any atom is 0.258 e. The number of benzene rings is 3. The first-order valence-corrected chi connectivity index (χ1v) is 13.1. The Balaban J connectivity index is 1.34. The van der Waals surface area contributed by atoms with Crippen LogP contribution >= 0.6 is 0 Å². The van der Waals surface area contributed by atoms with E-state index in [9.17, 15) is 4.79 Å². The van der Waals surface area contributed by atoms with Crippen LogP contribution in [0.5, 0.6) is 5.75 Å². The molecule has 1 saturated carbocycles. The van der Waals surface area contributed by atoms with Gasteiger partial charge in [-0.25, -0.2) is 0 Å². The molecule has 1 heterocycles. The highest BCUT2D eigenvalue weighted by Gasteiger charge is 2.36. The quantitative estimate of drug-likeness (QED) is 0.412. The van der Waals surface area contributed by atoms with Crippen LogP contribution in [0.15, 0.2) is 84.9 Å². The van der Waals surface area contributed by atoms with Crippen molar-refractivity contribution in [2.45, 2.75) is 56.5 Å². The van der Waals surface area contributed by atoms with E-state index in [4.69, 9.17) is 4.74 Å². The monoisotopic (exact) mass is 468 g/mol. The first-order valence-electron chi connectivity index (χ1n) is 13.1. The Morgan fingerprint density at radius 3 is 2.23 bits per heavy atom. The molecular formula is C31H36N2O2. The molecule has 0 unspecified atom stereocenters. The van der Waals surface area contributed by atoms with E-state index in [1.807, 2.05) is 47.4 Å². The number of amides is 1. The Labute approximate surface area is 209 Å². The van der Waals surface area contributed by atoms with Gasteiger partial charge in [-0.2, -0.15) is 0 Å². The lowest BCUT2D eigenvalue weighted by molar-refractivity contribution is 0.0895. The largest absolute Gasteiger partial charge is 0.497 e. The fourth-order valence-electron chi connectivity index (χ4n) is 6.09. The van der Waals surface area contributed by atoms with Gasteiger partial charge < -0.3 is 9.64 Å². The van der Waals surface area contributed by atoms with Crippen molar-refractivity contribution in [3.8, 4) is 5.75 Å². The fourth-order valence-corrected chi connectivity index (χ4v) is 6.09. The molecule has 1 aliphatic carbocycles. The van der Waals surface area contributed by atoms with Crippen LogP contribution in [-0.2, 0) is 0 Å². The van der Waals surface area contributed by atoms with Crippen molar-refractivity contribution in [2.24, 2.45) is 0 Å². The first-order chi connectivity index (χ1) is 17.2. The lowest BCUT2D eigenvalue weighted by atomic mass is 9.78. The minimum Gasteiger partial charge on any atom is -0.497 e. The molecule has 4 heteroatoms. The number of nitrogens with zero attached hydrogens (tertiary/aromatic N) is 2. The molecule has 3 aromatic rings. The maximum atomic E-state index is 13.8. The van der Waals surface area contributed by atoms with Gasteiger partial charge >= 0.3 is 0 Å². The second-order valence-corrected chi connectivity index (χ2v) is 9.88. The lowest BCUT2D eigenvalue weighted by Crippen LogP contribution is -2.51. The number of carbonyl (C=O) groups is 1. The summed E-state index contributed by atoms with van der Waals surface area (Å²) in [7, 11) is 1.64. The highest BCUT2D eigenvalue weighted by Crippen LogP contribution is 2.38. The zero-order chi connectivity index (χ0) is 24.0. The number of piperidine rings is 1. The van der Waals surface area contributed by atoms with Crippen LogP contribution < -0.4 is 9.64 Å². The zero-order valence-corrected chi connectivity index (χ0v) is 20.7. The smallest absolute Gasteiger partial charge is 0.258 e. The second-order valence-electron chi connectivity index (χ2n) is 9.88. The highest BCUT2D eigenvalue weighted by atomic mass is 16.5. The second kappa shape index (κ2) is 11.1. The molecule has 0 radical (unpaired) electrons. The summed E-state index contributed by atoms with van der Waals surface area (Å²) < 4.78 is 5.39. The van der Waals surface area contributed by atoms with Gasteiger partial charge in [0.15, 0.2) is 0 Å².